The van der Waals surface area contributed by atoms with Crippen molar-refractivity contribution in [2.24, 2.45) is 0 Å². The lowest BCUT2D eigenvalue weighted by atomic mass is 10.2. The van der Waals surface area contributed by atoms with Crippen LogP contribution in [0.2, 0.25) is 0 Å². The van der Waals surface area contributed by atoms with E-state index in [0.29, 0.717) is 44.9 Å². The zero-order valence-electron chi connectivity index (χ0n) is 17.5. The third-order valence-electron chi connectivity index (χ3n) is 5.65. The van der Waals surface area contributed by atoms with Gasteiger partial charge in [-0.15, -0.1) is 0 Å². The van der Waals surface area contributed by atoms with Crippen LogP contribution in [0.1, 0.15) is 12.8 Å². The number of amides is 1. The zero-order valence-corrected chi connectivity index (χ0v) is 18.3. The number of carbonyl (C=O) groups is 1. The number of carbonyl (C=O) groups excluding carboxylic acids is 1. The van der Waals surface area contributed by atoms with Crippen molar-refractivity contribution in [1.29, 1.82) is 0 Å². The normalized spacial score (nSPS) is 19.9. The number of nitrogens with zero attached hydrogens (tertiary/aromatic N) is 2. The number of hydrogen-bond acceptors (Lipinski definition) is 6. The quantitative estimate of drug-likeness (QED) is 0.734. The summed E-state index contributed by atoms with van der Waals surface area (Å²) in [6.07, 6.45) is 1.15. The topological polar surface area (TPSA) is 88.2 Å². The van der Waals surface area contributed by atoms with E-state index in [1.165, 1.54) is 16.4 Å². The van der Waals surface area contributed by atoms with Crippen LogP contribution in [-0.2, 0) is 19.6 Å². The van der Waals surface area contributed by atoms with Crippen LogP contribution < -0.4 is 15.0 Å². The van der Waals surface area contributed by atoms with E-state index in [-0.39, 0.29) is 10.8 Å². The SMILES string of the molecule is COc1ccccc1N1CCN(S(=O)(=O)c2ccc(NC(=O)[C@@H]3CCCO3)cc2)CC1. The molecule has 31 heavy (non-hydrogen) atoms. The molecule has 2 saturated heterocycles. The molecule has 0 unspecified atom stereocenters. The molecule has 0 saturated carbocycles. The lowest BCUT2D eigenvalue weighted by Gasteiger charge is -2.35. The van der Waals surface area contributed by atoms with Crippen molar-refractivity contribution in [2.75, 3.05) is 50.1 Å². The molecule has 0 aromatic heterocycles. The van der Waals surface area contributed by atoms with Crippen LogP contribution in [0, 0.1) is 0 Å². The maximum Gasteiger partial charge on any atom is 0.253 e. The molecule has 0 spiro atoms. The van der Waals surface area contributed by atoms with Crippen molar-refractivity contribution in [3.8, 4) is 5.75 Å². The van der Waals surface area contributed by atoms with Crippen LogP contribution in [0.5, 0.6) is 5.75 Å². The van der Waals surface area contributed by atoms with Gasteiger partial charge in [-0.05, 0) is 49.2 Å². The molecule has 2 fully saturated rings. The number of rotatable bonds is 6. The minimum absolute atomic E-state index is 0.194. The Morgan fingerprint density at radius 3 is 2.42 bits per heavy atom. The Morgan fingerprint density at radius 2 is 1.77 bits per heavy atom. The second-order valence-electron chi connectivity index (χ2n) is 7.58. The predicted molar refractivity (Wildman–Crippen MR) is 118 cm³/mol. The van der Waals surface area contributed by atoms with Gasteiger partial charge in [-0.25, -0.2) is 8.42 Å². The van der Waals surface area contributed by atoms with Crippen LogP contribution in [0.15, 0.2) is 53.4 Å². The molecular weight excluding hydrogens is 418 g/mol. The number of anilines is 2. The summed E-state index contributed by atoms with van der Waals surface area (Å²) in [7, 11) is -1.97. The number of methoxy groups -OCH3 is 1. The first kappa shape index (κ1) is 21.6. The third kappa shape index (κ3) is 4.68. The summed E-state index contributed by atoms with van der Waals surface area (Å²) >= 11 is 0. The van der Waals surface area contributed by atoms with E-state index in [9.17, 15) is 13.2 Å². The molecular formula is C22H27N3O5S. The van der Waals surface area contributed by atoms with Crippen LogP contribution in [0.25, 0.3) is 0 Å². The number of para-hydroxylation sites is 2. The summed E-state index contributed by atoms with van der Waals surface area (Å²) < 4.78 is 38.4. The molecule has 4 rings (SSSR count). The summed E-state index contributed by atoms with van der Waals surface area (Å²) in [5, 5.41) is 2.79. The van der Waals surface area contributed by atoms with E-state index >= 15 is 0 Å². The van der Waals surface area contributed by atoms with Crippen molar-refractivity contribution in [3.63, 3.8) is 0 Å². The number of sulfonamides is 1. The summed E-state index contributed by atoms with van der Waals surface area (Å²) in [5.41, 5.74) is 1.52. The van der Waals surface area contributed by atoms with Crippen molar-refractivity contribution in [3.05, 3.63) is 48.5 Å². The van der Waals surface area contributed by atoms with Crippen molar-refractivity contribution < 1.29 is 22.7 Å². The molecule has 0 aliphatic carbocycles. The van der Waals surface area contributed by atoms with E-state index < -0.39 is 16.1 Å². The van der Waals surface area contributed by atoms with Gasteiger partial charge in [0.05, 0.1) is 17.7 Å². The predicted octanol–water partition coefficient (Wildman–Crippen LogP) is 2.32. The molecule has 2 aliphatic rings. The number of piperazine rings is 1. The van der Waals surface area contributed by atoms with Gasteiger partial charge in [-0.3, -0.25) is 4.79 Å². The third-order valence-corrected chi connectivity index (χ3v) is 7.56. The van der Waals surface area contributed by atoms with Crippen molar-refractivity contribution in [1.82, 2.24) is 4.31 Å². The van der Waals surface area contributed by atoms with Crippen LogP contribution in [0.3, 0.4) is 0 Å². The van der Waals surface area contributed by atoms with Crippen LogP contribution in [0.4, 0.5) is 11.4 Å². The first-order chi connectivity index (χ1) is 15.0. The van der Waals surface area contributed by atoms with E-state index in [0.717, 1.165) is 17.9 Å². The van der Waals surface area contributed by atoms with Gasteiger partial charge in [0.25, 0.3) is 5.91 Å². The fourth-order valence-electron chi connectivity index (χ4n) is 3.93. The van der Waals surface area contributed by atoms with Gasteiger partial charge < -0.3 is 19.7 Å². The average molecular weight is 446 g/mol. The Balaban J connectivity index is 1.39. The second kappa shape index (κ2) is 9.25. The van der Waals surface area contributed by atoms with Gasteiger partial charge in [-0.2, -0.15) is 4.31 Å². The average Bonchev–Trinajstić information content (AvgIpc) is 3.35. The van der Waals surface area contributed by atoms with Gasteiger partial charge >= 0.3 is 0 Å². The Morgan fingerprint density at radius 1 is 1.06 bits per heavy atom. The lowest BCUT2D eigenvalue weighted by molar-refractivity contribution is -0.124. The van der Waals surface area contributed by atoms with Gasteiger partial charge in [0.2, 0.25) is 10.0 Å². The minimum atomic E-state index is -3.61. The number of benzene rings is 2. The van der Waals surface area contributed by atoms with E-state index in [2.05, 4.69) is 10.2 Å². The first-order valence-electron chi connectivity index (χ1n) is 10.4. The van der Waals surface area contributed by atoms with Crippen LogP contribution in [-0.4, -0.2) is 64.6 Å². The highest BCUT2D eigenvalue weighted by Gasteiger charge is 2.29. The zero-order chi connectivity index (χ0) is 21.8. The van der Waals surface area contributed by atoms with E-state index in [1.54, 1.807) is 19.2 Å². The van der Waals surface area contributed by atoms with Gasteiger partial charge in [-0.1, -0.05) is 12.1 Å². The fraction of sp³-hybridized carbons (Fsp3) is 0.409. The van der Waals surface area contributed by atoms with E-state index in [1.807, 2.05) is 24.3 Å². The van der Waals surface area contributed by atoms with Gasteiger partial charge in [0.15, 0.2) is 0 Å². The molecule has 2 aromatic carbocycles. The molecule has 2 aromatic rings. The van der Waals surface area contributed by atoms with Crippen molar-refractivity contribution >= 4 is 27.3 Å². The molecule has 0 bridgehead atoms. The summed E-state index contributed by atoms with van der Waals surface area (Å²) in [6, 6.07) is 14.0. The Bertz CT molecular complexity index is 1010. The second-order valence-corrected chi connectivity index (χ2v) is 9.52. The summed E-state index contributed by atoms with van der Waals surface area (Å²) in [5.74, 6) is 0.583. The Kier molecular flexibility index (Phi) is 6.45. The molecule has 2 heterocycles. The maximum atomic E-state index is 13.1. The fourth-order valence-corrected chi connectivity index (χ4v) is 5.35. The van der Waals surface area contributed by atoms with Crippen LogP contribution >= 0.6 is 0 Å². The molecule has 166 valence electrons. The highest BCUT2D eigenvalue weighted by Crippen LogP contribution is 2.29. The maximum absolute atomic E-state index is 13.1. The first-order valence-corrected chi connectivity index (χ1v) is 11.8. The summed E-state index contributed by atoms with van der Waals surface area (Å²) in [6.45, 7) is 2.53. The number of ether oxygens (including phenoxy) is 2. The monoisotopic (exact) mass is 445 g/mol. The van der Waals surface area contributed by atoms with E-state index in [4.69, 9.17) is 9.47 Å². The largest absolute Gasteiger partial charge is 0.495 e. The summed E-state index contributed by atoms with van der Waals surface area (Å²) in [4.78, 5) is 14.5. The molecule has 1 amide bonds. The standard InChI is InChI=1S/C22H27N3O5S/c1-29-20-6-3-2-5-19(20)24-12-14-25(15-13-24)31(27,28)18-10-8-17(9-11-18)23-22(26)21-7-4-16-30-21/h2-3,5-6,8-11,21H,4,7,12-16H2,1H3,(H,23,26)/t21-/m0/s1. The Hall–Kier alpha value is -2.62. The number of hydrogen-bond donors (Lipinski definition) is 1. The van der Waals surface area contributed by atoms with Gasteiger partial charge in [0.1, 0.15) is 11.9 Å². The molecule has 9 heteroatoms. The molecule has 1 atom stereocenters. The highest BCUT2D eigenvalue weighted by molar-refractivity contribution is 7.89. The Labute approximate surface area is 182 Å². The smallest absolute Gasteiger partial charge is 0.253 e. The minimum Gasteiger partial charge on any atom is -0.495 e. The molecule has 1 N–H and O–H groups in total. The molecule has 0 radical (unpaired) electrons. The highest BCUT2D eigenvalue weighted by atomic mass is 32.2. The van der Waals surface area contributed by atoms with Gasteiger partial charge in [0, 0.05) is 38.5 Å². The molecule has 2 aliphatic heterocycles. The molecule has 8 nitrogen and oxygen atoms in total. The number of nitrogens with one attached hydrogen (secondary N) is 1. The van der Waals surface area contributed by atoms with Crippen molar-refractivity contribution in [2.45, 2.75) is 23.8 Å². The lowest BCUT2D eigenvalue weighted by Crippen LogP contribution is -2.48.